The Kier molecular flexibility index (Phi) is 7.85. The molecule has 2 N–H and O–H groups in total. The smallest absolute Gasteiger partial charge is 0.272 e. The average Bonchev–Trinajstić information content (AvgIpc) is 3.58. The number of nitrogens with zero attached hydrogens (tertiary/aromatic N) is 5. The van der Waals surface area contributed by atoms with Crippen LogP contribution in [-0.4, -0.2) is 63.4 Å². The first-order chi connectivity index (χ1) is 16.8. The fraction of sp³-hybridized carbons (Fsp3) is 0.435. The van der Waals surface area contributed by atoms with E-state index in [4.69, 9.17) is 21.4 Å². The van der Waals surface area contributed by atoms with Crippen LogP contribution in [0.4, 0.5) is 0 Å². The second kappa shape index (κ2) is 11.0. The zero-order chi connectivity index (χ0) is 24.9. The summed E-state index contributed by atoms with van der Waals surface area (Å²) >= 11 is 7.38. The molecular weight excluding hydrogens is 490 g/mol. The monoisotopic (exact) mass is 515 g/mol. The zero-order valence-corrected chi connectivity index (χ0v) is 21.0. The normalized spacial score (nSPS) is 14.7. The molecule has 10 nitrogen and oxygen atoms in total. The lowest BCUT2D eigenvalue weighted by molar-refractivity contribution is 0.0889. The van der Waals surface area contributed by atoms with Gasteiger partial charge in [0.05, 0.1) is 21.8 Å². The van der Waals surface area contributed by atoms with Crippen LogP contribution in [0.5, 0.6) is 0 Å². The van der Waals surface area contributed by atoms with Crippen LogP contribution < -0.4 is 10.6 Å². The topological polar surface area (TPSA) is 129 Å². The molecule has 1 aliphatic rings. The number of nitriles is 1. The highest BCUT2D eigenvalue weighted by molar-refractivity contribution is 7.19. The molecule has 3 aromatic rings. The molecule has 35 heavy (non-hydrogen) atoms. The number of carbonyl (C=O) groups excluding carboxylic acids is 2. The number of halogens is 1. The third-order valence-corrected chi connectivity index (χ3v) is 7.10. The van der Waals surface area contributed by atoms with Gasteiger partial charge in [0.15, 0.2) is 11.5 Å². The summed E-state index contributed by atoms with van der Waals surface area (Å²) in [5, 5.41) is 22.7. The number of carbonyl (C=O) groups is 2. The Labute approximate surface area is 211 Å². The Hall–Kier alpha value is -3.20. The average molecular weight is 516 g/mol. The summed E-state index contributed by atoms with van der Waals surface area (Å²) < 4.78 is 7.50. The molecule has 4 rings (SSSR count). The molecule has 0 saturated carbocycles. The van der Waals surface area contributed by atoms with E-state index in [9.17, 15) is 9.59 Å². The third-order valence-electron chi connectivity index (χ3n) is 5.86. The van der Waals surface area contributed by atoms with E-state index in [0.717, 1.165) is 30.8 Å². The lowest BCUT2D eigenvalue weighted by Gasteiger charge is -2.34. The van der Waals surface area contributed by atoms with E-state index in [1.54, 1.807) is 12.1 Å². The lowest BCUT2D eigenvalue weighted by Crippen LogP contribution is -2.46. The van der Waals surface area contributed by atoms with Crippen molar-refractivity contribution >= 4 is 34.8 Å². The zero-order valence-electron chi connectivity index (χ0n) is 19.5. The molecule has 12 heteroatoms. The van der Waals surface area contributed by atoms with E-state index >= 15 is 0 Å². The van der Waals surface area contributed by atoms with Gasteiger partial charge in [0, 0.05) is 37.3 Å². The van der Waals surface area contributed by atoms with Crippen LogP contribution in [0, 0.1) is 11.3 Å². The van der Waals surface area contributed by atoms with Crippen LogP contribution in [0.3, 0.4) is 0 Å². The number of thiophene rings is 1. The van der Waals surface area contributed by atoms with Gasteiger partial charge in [-0.1, -0.05) is 16.8 Å². The molecule has 184 valence electrons. The van der Waals surface area contributed by atoms with Crippen molar-refractivity contribution in [2.45, 2.75) is 45.3 Å². The number of aromatic nitrogens is 3. The maximum Gasteiger partial charge on any atom is 0.272 e. The van der Waals surface area contributed by atoms with Crippen molar-refractivity contribution in [3.05, 3.63) is 45.7 Å². The summed E-state index contributed by atoms with van der Waals surface area (Å²) in [7, 11) is 0. The van der Waals surface area contributed by atoms with Crippen LogP contribution in [0.25, 0.3) is 10.6 Å². The van der Waals surface area contributed by atoms with Crippen LogP contribution >= 0.6 is 22.9 Å². The van der Waals surface area contributed by atoms with Crippen molar-refractivity contribution in [3.63, 3.8) is 0 Å². The molecular formula is C23H26ClN7O3S. The van der Waals surface area contributed by atoms with Gasteiger partial charge in [0.1, 0.15) is 17.9 Å². The van der Waals surface area contributed by atoms with E-state index in [0.29, 0.717) is 21.8 Å². The SMILES string of the molecule is CC(C)N1CCC(NC(=O)c2cc(C(=O)NCC#N)nn2Cc2cc(-c3ccc(Cl)s3)on2)CC1. The van der Waals surface area contributed by atoms with E-state index < -0.39 is 5.91 Å². The first kappa shape index (κ1) is 24.9. The minimum absolute atomic E-state index is 0.0407. The highest BCUT2D eigenvalue weighted by Crippen LogP contribution is 2.31. The molecule has 0 aromatic carbocycles. The molecule has 3 aromatic heterocycles. The maximum atomic E-state index is 13.2. The molecule has 0 bridgehead atoms. The Morgan fingerprint density at radius 2 is 2.06 bits per heavy atom. The van der Waals surface area contributed by atoms with Crippen LogP contribution in [0.15, 0.2) is 28.8 Å². The summed E-state index contributed by atoms with van der Waals surface area (Å²) in [5.41, 5.74) is 0.826. The molecule has 0 spiro atoms. The van der Waals surface area contributed by atoms with Crippen molar-refractivity contribution in [2.75, 3.05) is 19.6 Å². The van der Waals surface area contributed by atoms with E-state index in [1.165, 1.54) is 22.1 Å². The highest BCUT2D eigenvalue weighted by Gasteiger charge is 2.25. The molecule has 1 fully saturated rings. The molecule has 0 unspecified atom stereocenters. The van der Waals surface area contributed by atoms with Gasteiger partial charge in [0.25, 0.3) is 11.8 Å². The highest BCUT2D eigenvalue weighted by atomic mass is 35.5. The number of hydrogen-bond acceptors (Lipinski definition) is 8. The van der Waals surface area contributed by atoms with Gasteiger partial charge in [-0.25, -0.2) is 0 Å². The second-order valence-electron chi connectivity index (χ2n) is 8.58. The Bertz CT molecular complexity index is 1230. The van der Waals surface area contributed by atoms with Gasteiger partial charge in [-0.2, -0.15) is 10.4 Å². The fourth-order valence-corrected chi connectivity index (χ4v) is 4.95. The van der Waals surface area contributed by atoms with Gasteiger partial charge in [-0.05, 0) is 38.8 Å². The Morgan fingerprint density at radius 1 is 1.29 bits per heavy atom. The summed E-state index contributed by atoms with van der Waals surface area (Å²) in [6, 6.07) is 9.17. The number of piperidine rings is 1. The Balaban J connectivity index is 1.52. The van der Waals surface area contributed by atoms with Gasteiger partial charge in [-0.15, -0.1) is 11.3 Å². The van der Waals surface area contributed by atoms with Crippen molar-refractivity contribution in [1.29, 1.82) is 5.26 Å². The molecule has 0 radical (unpaired) electrons. The fourth-order valence-electron chi connectivity index (χ4n) is 3.96. The van der Waals surface area contributed by atoms with E-state index in [-0.39, 0.29) is 36.4 Å². The van der Waals surface area contributed by atoms with Crippen molar-refractivity contribution < 1.29 is 14.1 Å². The number of nitrogens with one attached hydrogen (secondary N) is 2. The predicted molar refractivity (Wildman–Crippen MR) is 131 cm³/mol. The largest absolute Gasteiger partial charge is 0.355 e. The third kappa shape index (κ3) is 6.08. The van der Waals surface area contributed by atoms with Gasteiger partial charge in [-0.3, -0.25) is 14.3 Å². The molecule has 0 aliphatic carbocycles. The first-order valence-electron chi connectivity index (χ1n) is 11.3. The quantitative estimate of drug-likeness (QED) is 0.441. The van der Waals surface area contributed by atoms with Crippen molar-refractivity contribution in [3.8, 4) is 16.7 Å². The van der Waals surface area contributed by atoms with E-state index in [2.05, 4.69) is 39.6 Å². The van der Waals surface area contributed by atoms with Crippen LogP contribution in [0.2, 0.25) is 4.34 Å². The van der Waals surface area contributed by atoms with Crippen molar-refractivity contribution in [2.24, 2.45) is 0 Å². The van der Waals surface area contributed by atoms with E-state index in [1.807, 2.05) is 12.1 Å². The molecule has 1 saturated heterocycles. The molecule has 1 aliphatic heterocycles. The summed E-state index contributed by atoms with van der Waals surface area (Å²) in [4.78, 5) is 28.8. The predicted octanol–water partition coefficient (Wildman–Crippen LogP) is 3.16. The summed E-state index contributed by atoms with van der Waals surface area (Å²) in [6.07, 6.45) is 1.70. The Morgan fingerprint density at radius 3 is 2.71 bits per heavy atom. The standard InChI is InChI=1S/C23H26ClN7O3S/c1-14(2)30-9-5-15(6-10-30)27-23(33)18-12-17(22(32)26-8-7-25)28-31(18)13-16-11-19(34-29-16)20-3-4-21(24)35-20/h3-4,11-12,14-15H,5-6,8-10,13H2,1-2H3,(H,26,32)(H,27,33). The lowest BCUT2D eigenvalue weighted by atomic mass is 10.0. The second-order valence-corrected chi connectivity index (χ2v) is 10.3. The number of rotatable bonds is 8. The maximum absolute atomic E-state index is 13.2. The van der Waals surface area contributed by atoms with Crippen LogP contribution in [0.1, 0.15) is 53.4 Å². The first-order valence-corrected chi connectivity index (χ1v) is 12.5. The molecule has 2 amide bonds. The molecule has 0 atom stereocenters. The summed E-state index contributed by atoms with van der Waals surface area (Å²) in [6.45, 7) is 6.13. The van der Waals surface area contributed by atoms with Crippen LogP contribution in [-0.2, 0) is 6.54 Å². The minimum Gasteiger partial charge on any atom is -0.355 e. The van der Waals surface area contributed by atoms with Gasteiger partial charge < -0.3 is 20.1 Å². The van der Waals surface area contributed by atoms with Crippen molar-refractivity contribution in [1.82, 2.24) is 30.5 Å². The summed E-state index contributed by atoms with van der Waals surface area (Å²) in [5.74, 6) is -0.286. The number of amides is 2. The number of likely N-dealkylation sites (tertiary alicyclic amines) is 1. The minimum atomic E-state index is -0.529. The van der Waals surface area contributed by atoms with Gasteiger partial charge in [0.2, 0.25) is 0 Å². The number of hydrogen-bond donors (Lipinski definition) is 2. The molecule has 4 heterocycles. The van der Waals surface area contributed by atoms with Gasteiger partial charge >= 0.3 is 0 Å².